The number of hydrogen-bond acceptors (Lipinski definition) is 7. The molecule has 0 spiro atoms. The van der Waals surface area contributed by atoms with Crippen LogP contribution in [0.15, 0.2) is 40.9 Å². The second kappa shape index (κ2) is 9.52. The first-order valence-electron chi connectivity index (χ1n) is 12.7. The molecule has 7 nitrogen and oxygen atoms in total. The fourth-order valence-electron chi connectivity index (χ4n) is 5.84. The van der Waals surface area contributed by atoms with Crippen LogP contribution in [0.1, 0.15) is 59.0 Å². The highest BCUT2D eigenvalue weighted by molar-refractivity contribution is 6.33. The SMILES string of the molecule is COC(=O)c1cccc(N2CC3CC(OCc4c(-c5c(C)cccc5Cl)noc4C4CC4)CC3C2)n1. The minimum absolute atomic E-state index is 0.207. The number of halogens is 1. The van der Waals surface area contributed by atoms with Crippen LogP contribution in [0.25, 0.3) is 11.3 Å². The molecule has 1 saturated heterocycles. The number of aryl methyl sites for hydroxylation is 1. The van der Waals surface area contributed by atoms with E-state index in [4.69, 9.17) is 25.6 Å². The van der Waals surface area contributed by atoms with Gasteiger partial charge in [0.25, 0.3) is 0 Å². The maximum Gasteiger partial charge on any atom is 0.356 e. The number of benzene rings is 1. The molecule has 188 valence electrons. The lowest BCUT2D eigenvalue weighted by Crippen LogP contribution is -2.24. The van der Waals surface area contributed by atoms with Crippen molar-refractivity contribution in [3.8, 4) is 11.3 Å². The van der Waals surface area contributed by atoms with E-state index in [0.717, 1.165) is 72.7 Å². The van der Waals surface area contributed by atoms with Gasteiger partial charge < -0.3 is 18.9 Å². The zero-order valence-corrected chi connectivity index (χ0v) is 21.3. The lowest BCUT2D eigenvalue weighted by Gasteiger charge is -2.21. The average Bonchev–Trinajstić information content (AvgIpc) is 3.34. The van der Waals surface area contributed by atoms with Gasteiger partial charge in [-0.3, -0.25) is 0 Å². The first-order chi connectivity index (χ1) is 17.5. The Balaban J connectivity index is 1.13. The summed E-state index contributed by atoms with van der Waals surface area (Å²) in [6, 6.07) is 11.4. The summed E-state index contributed by atoms with van der Waals surface area (Å²) in [6.45, 7) is 4.39. The van der Waals surface area contributed by atoms with Gasteiger partial charge in [0, 0.05) is 30.1 Å². The lowest BCUT2D eigenvalue weighted by atomic mass is 10.0. The van der Waals surface area contributed by atoms with Crippen LogP contribution in [0.2, 0.25) is 5.02 Å². The summed E-state index contributed by atoms with van der Waals surface area (Å²) in [5.74, 6) is 2.93. The fraction of sp³-hybridized carbons (Fsp3) is 0.464. The van der Waals surface area contributed by atoms with Crippen molar-refractivity contribution in [2.75, 3.05) is 25.1 Å². The van der Waals surface area contributed by atoms with Crippen molar-refractivity contribution < 1.29 is 18.8 Å². The number of aromatic nitrogens is 2. The van der Waals surface area contributed by atoms with Crippen molar-refractivity contribution >= 4 is 23.4 Å². The first-order valence-corrected chi connectivity index (χ1v) is 13.1. The topological polar surface area (TPSA) is 77.7 Å². The molecule has 2 aromatic heterocycles. The van der Waals surface area contributed by atoms with Gasteiger partial charge in [-0.1, -0.05) is 35.0 Å². The van der Waals surface area contributed by atoms with Crippen molar-refractivity contribution in [2.45, 2.75) is 51.2 Å². The molecule has 1 aromatic carbocycles. The average molecular weight is 508 g/mol. The van der Waals surface area contributed by atoms with E-state index < -0.39 is 5.97 Å². The predicted molar refractivity (Wildman–Crippen MR) is 136 cm³/mol. The van der Waals surface area contributed by atoms with Crippen LogP contribution in [0.3, 0.4) is 0 Å². The van der Waals surface area contributed by atoms with E-state index in [-0.39, 0.29) is 6.10 Å². The molecule has 36 heavy (non-hydrogen) atoms. The summed E-state index contributed by atoms with van der Waals surface area (Å²) >= 11 is 6.57. The summed E-state index contributed by atoms with van der Waals surface area (Å²) in [6.07, 6.45) is 4.51. The molecule has 2 aliphatic carbocycles. The molecule has 3 aliphatic rings. The van der Waals surface area contributed by atoms with Crippen LogP contribution >= 0.6 is 11.6 Å². The highest BCUT2D eigenvalue weighted by atomic mass is 35.5. The molecule has 0 radical (unpaired) electrons. The van der Waals surface area contributed by atoms with Gasteiger partial charge in [-0.15, -0.1) is 0 Å². The zero-order chi connectivity index (χ0) is 24.8. The summed E-state index contributed by atoms with van der Waals surface area (Å²) in [5, 5.41) is 5.14. The third kappa shape index (κ3) is 4.39. The number of carbonyl (C=O) groups is 1. The van der Waals surface area contributed by atoms with Crippen molar-refractivity contribution in [3.05, 3.63) is 64.0 Å². The zero-order valence-electron chi connectivity index (χ0n) is 20.6. The molecule has 2 saturated carbocycles. The van der Waals surface area contributed by atoms with Crippen LogP contribution < -0.4 is 4.90 Å². The molecule has 8 heteroatoms. The van der Waals surface area contributed by atoms with E-state index in [0.29, 0.717) is 35.1 Å². The number of hydrogen-bond donors (Lipinski definition) is 0. The van der Waals surface area contributed by atoms with Crippen molar-refractivity contribution in [1.29, 1.82) is 0 Å². The van der Waals surface area contributed by atoms with E-state index in [1.807, 2.05) is 24.3 Å². The van der Waals surface area contributed by atoms with Gasteiger partial charge >= 0.3 is 5.97 Å². The third-order valence-corrected chi connectivity index (χ3v) is 8.16. The predicted octanol–water partition coefficient (Wildman–Crippen LogP) is 5.79. The monoisotopic (exact) mass is 507 g/mol. The summed E-state index contributed by atoms with van der Waals surface area (Å²) in [4.78, 5) is 18.7. The van der Waals surface area contributed by atoms with E-state index in [1.165, 1.54) is 7.11 Å². The summed E-state index contributed by atoms with van der Waals surface area (Å²) in [7, 11) is 1.38. The van der Waals surface area contributed by atoms with Crippen LogP contribution in [-0.4, -0.2) is 42.4 Å². The highest BCUT2D eigenvalue weighted by Crippen LogP contribution is 2.46. The molecule has 3 heterocycles. The molecule has 6 rings (SSSR count). The highest BCUT2D eigenvalue weighted by Gasteiger charge is 2.42. The van der Waals surface area contributed by atoms with Crippen LogP contribution in [0.4, 0.5) is 5.82 Å². The Morgan fingerprint density at radius 3 is 2.58 bits per heavy atom. The lowest BCUT2D eigenvalue weighted by molar-refractivity contribution is 0.0402. The first kappa shape index (κ1) is 23.5. The molecule has 3 aromatic rings. The number of esters is 1. The Hall–Kier alpha value is -2.90. The van der Waals surface area contributed by atoms with Gasteiger partial charge in [0.05, 0.1) is 24.8 Å². The fourth-order valence-corrected chi connectivity index (χ4v) is 6.15. The Kier molecular flexibility index (Phi) is 6.21. The Morgan fingerprint density at radius 2 is 1.89 bits per heavy atom. The van der Waals surface area contributed by atoms with Crippen molar-refractivity contribution in [1.82, 2.24) is 10.1 Å². The largest absolute Gasteiger partial charge is 0.464 e. The number of fused-ring (bicyclic) bond motifs is 1. The number of ether oxygens (including phenoxy) is 2. The quantitative estimate of drug-likeness (QED) is 0.374. The molecular formula is C28H30ClN3O4. The van der Waals surface area contributed by atoms with Crippen LogP contribution in [-0.2, 0) is 16.1 Å². The van der Waals surface area contributed by atoms with Crippen LogP contribution in [0.5, 0.6) is 0 Å². The van der Waals surface area contributed by atoms with E-state index >= 15 is 0 Å². The molecule has 3 fully saturated rings. The second-order valence-electron chi connectivity index (χ2n) is 10.3. The summed E-state index contributed by atoms with van der Waals surface area (Å²) < 4.78 is 17.2. The molecule has 2 atom stereocenters. The number of pyridine rings is 1. The molecular weight excluding hydrogens is 478 g/mol. The normalized spacial score (nSPS) is 23.2. The van der Waals surface area contributed by atoms with Gasteiger partial charge in [-0.05, 0) is 68.2 Å². The van der Waals surface area contributed by atoms with Crippen LogP contribution in [0, 0.1) is 18.8 Å². The van der Waals surface area contributed by atoms with Gasteiger partial charge in [-0.2, -0.15) is 0 Å². The minimum atomic E-state index is -0.407. The van der Waals surface area contributed by atoms with Gasteiger partial charge in [0.15, 0.2) is 5.69 Å². The van der Waals surface area contributed by atoms with E-state index in [9.17, 15) is 4.79 Å². The molecule has 0 N–H and O–H groups in total. The van der Waals surface area contributed by atoms with Gasteiger partial charge in [-0.25, -0.2) is 9.78 Å². The number of nitrogens with zero attached hydrogens (tertiary/aromatic N) is 3. The maximum atomic E-state index is 11.9. The summed E-state index contributed by atoms with van der Waals surface area (Å²) in [5.41, 5.74) is 4.24. The number of anilines is 1. The number of rotatable bonds is 7. The number of methoxy groups -OCH3 is 1. The Labute approximate surface area is 215 Å². The van der Waals surface area contributed by atoms with Crippen molar-refractivity contribution in [2.24, 2.45) is 11.8 Å². The van der Waals surface area contributed by atoms with E-state index in [2.05, 4.69) is 28.0 Å². The molecule has 2 unspecified atom stereocenters. The smallest absolute Gasteiger partial charge is 0.356 e. The van der Waals surface area contributed by atoms with Gasteiger partial charge in [0.1, 0.15) is 17.3 Å². The third-order valence-electron chi connectivity index (χ3n) is 7.85. The molecule has 0 bridgehead atoms. The van der Waals surface area contributed by atoms with E-state index in [1.54, 1.807) is 6.07 Å². The maximum absolute atomic E-state index is 11.9. The van der Waals surface area contributed by atoms with Crippen molar-refractivity contribution in [3.63, 3.8) is 0 Å². The Bertz CT molecular complexity index is 1250. The van der Waals surface area contributed by atoms with Gasteiger partial charge in [0.2, 0.25) is 0 Å². The Morgan fingerprint density at radius 1 is 1.14 bits per heavy atom. The second-order valence-corrected chi connectivity index (χ2v) is 10.7. The molecule has 0 amide bonds. The molecule has 1 aliphatic heterocycles. The number of carbonyl (C=O) groups excluding carboxylic acids is 1. The standard InChI is InChI=1S/C28H30ClN3O4/c1-16-5-3-6-22(29)25(16)26-21(27(36-31-26)17-9-10-17)15-35-20-11-18-13-32(14-19(18)12-20)24-8-4-7-23(30-24)28(33)34-2/h3-8,17-20H,9-15H2,1-2H3. The minimum Gasteiger partial charge on any atom is -0.464 e.